The number of hydrogen-bond acceptors (Lipinski definition) is 44. The molecule has 5 fully saturated rings. The van der Waals surface area contributed by atoms with Crippen LogP contribution in [0.25, 0.3) is 31.3 Å². The minimum atomic E-state index is -6.28. The second-order valence-electron chi connectivity index (χ2n) is 27.7. The minimum Gasteiger partial charge on any atom is -0.726 e. The Hall–Kier alpha value is -1.78. The third kappa shape index (κ3) is 38.0. The number of benzene rings is 6. The van der Waals surface area contributed by atoms with Crippen molar-refractivity contribution in [2.24, 2.45) is 15.3 Å². The van der Waals surface area contributed by atoms with Crippen molar-refractivity contribution in [2.45, 2.75) is 193 Å². The van der Waals surface area contributed by atoms with Crippen LogP contribution in [-0.4, -0.2) is 244 Å². The average Bonchev–Trinajstić information content (AvgIpc) is 0.754. The van der Waals surface area contributed by atoms with Crippen LogP contribution in [0.4, 0.5) is 0 Å². The summed E-state index contributed by atoms with van der Waals surface area (Å²) < 4.78 is 283. The summed E-state index contributed by atoms with van der Waals surface area (Å²) in [7, 11) is -22.6. The smallest absolute Gasteiger partial charge is 0.726 e. The van der Waals surface area contributed by atoms with Crippen LogP contribution in [0.3, 0.4) is 0 Å². The Kier molecular flexibility index (Phi) is 57.1. The van der Waals surface area contributed by atoms with Crippen LogP contribution in [0.1, 0.15) is 33.4 Å². The molecule has 5 heterocycles. The molecule has 6 aromatic rings. The number of rotatable bonds is 47. The van der Waals surface area contributed by atoms with Crippen LogP contribution in [0, 0.1) is 0 Å². The van der Waals surface area contributed by atoms with E-state index in [1.807, 2.05) is 0 Å². The molecule has 5 aliphatic rings. The van der Waals surface area contributed by atoms with Crippen LogP contribution >= 0.6 is 12.3 Å². The summed E-state index contributed by atoms with van der Waals surface area (Å²) in [6.07, 6.45) is -51.0. The van der Waals surface area contributed by atoms with Gasteiger partial charge >= 0.3 is 207 Å². The van der Waals surface area contributed by atoms with Crippen molar-refractivity contribution in [3.05, 3.63) is 247 Å². The number of azide groups is 3. The predicted octanol–water partition coefficient (Wildman–Crippen LogP) is -19.7. The topological polar surface area (TPSA) is 691 Å². The summed E-state index contributed by atoms with van der Waals surface area (Å²) in [5.74, 6) is -4.66. The zero-order chi connectivity index (χ0) is 90.8. The van der Waals surface area contributed by atoms with Gasteiger partial charge in [-0.15, -0.1) is 4.33 Å². The van der Waals surface area contributed by atoms with E-state index < -0.39 is 265 Å². The first-order valence-corrected chi connectivity index (χ1v) is 43.5. The molecule has 5 aliphatic heterocycles. The number of hydrogen-bond donors (Lipinski definition) is 0. The number of ether oxygens (including phenoxy) is 16. The van der Waals surface area contributed by atoms with Gasteiger partial charge in [-0.05, 0) is 50.0 Å². The minimum absolute atomic E-state index is 0. The molecule has 25 atom stereocenters. The predicted molar refractivity (Wildman–Crippen MR) is 405 cm³/mol. The zero-order valence-electron chi connectivity index (χ0n) is 72.5. The molecule has 5 saturated heterocycles. The second-order valence-corrected chi connectivity index (χ2v) is 32.4. The molecular formula is C73H76N9Na7O40S5. The van der Waals surface area contributed by atoms with Gasteiger partial charge in [-0.3, -0.25) is 26.0 Å². The van der Waals surface area contributed by atoms with E-state index in [0.29, 0.717) is 27.8 Å². The summed E-state index contributed by atoms with van der Waals surface area (Å²) in [4.78, 5) is 37.1. The van der Waals surface area contributed by atoms with Gasteiger partial charge in [-0.25, -0.2) is 33.7 Å². The molecular weight excluding hydrogens is 1960 g/mol. The Morgan fingerprint density at radius 1 is 0.351 bits per heavy atom. The van der Waals surface area contributed by atoms with E-state index >= 15 is 0 Å². The van der Waals surface area contributed by atoms with Crippen LogP contribution in [0.2, 0.25) is 0 Å². The van der Waals surface area contributed by atoms with Gasteiger partial charge in [-0.1, -0.05) is 197 Å². The first kappa shape index (κ1) is 125. The van der Waals surface area contributed by atoms with Gasteiger partial charge in [0.05, 0.1) is 71.4 Å². The molecule has 6 aromatic carbocycles. The van der Waals surface area contributed by atoms with Crippen LogP contribution < -0.4 is 222 Å². The molecule has 49 nitrogen and oxygen atoms in total. The Bertz CT molecular complexity index is 5170. The molecule has 10 unspecified atom stereocenters. The van der Waals surface area contributed by atoms with Gasteiger partial charge in [0.2, 0.25) is 41.6 Å². The van der Waals surface area contributed by atoms with E-state index in [9.17, 15) is 93.5 Å². The standard InChI is InChI=1S/C73H83N9O40S5.7Na/c1-100-69-50(77-80-74)57(103-34-43-24-12-4-13-25-43)54(48(110-69)39-108-125(91,92)93)113-73-66(120-127(97,98)99)60(105-36-45-28-16-6-17-29-45)62(64(118-73)68(85)86)116-71-52(79-82-76)58(119-123-122-121-87)55(49(112-71)40-109-126(94,95)96)114-72-65(106-37-46-30-18-7-19-31-46)59(104-35-44-26-14-5-15-27-44)61(63(117-72)67(83)84)115-70-51(78-81-75)56(102-33-42-22-10-3-11-23-42)53(47(111-70)38-107-124(88,89)90)101-32-41-20-8-2-9-21-41;;;;;;;/h2-31,47-66,69-73,87H,32-40H2,1H3,(H,83,84)(H,85,86)(H,88,89,90)(H,91,92,93)(H,94,95,96)(H,97,98,99);;;;;;;/q;7*+1/p-7/t47?,48?,49?,50-,51?,52-,53+,54+,55+,56-,57?,58?,59+,60-,61-,62-,63?,64?,65?,66?,69-,70+,71+,72-,73-;;;;;;;/m1......./s1. The largest absolute Gasteiger partial charge is 1.00 e. The van der Waals surface area contributed by atoms with Gasteiger partial charge in [-0.2, -0.15) is 0 Å². The quantitative estimate of drug-likeness (QED) is 0.00327. The molecule has 11 rings (SSSR count). The van der Waals surface area contributed by atoms with Gasteiger partial charge in [0.25, 0.3) is 0 Å². The third-order valence-electron chi connectivity index (χ3n) is 19.5. The SMILES string of the molecule is CO[C@@H]1OC(COS(=O)(=O)[O-])[C@H](O[C@@H]2OC(C(=O)[O-])[C@H](O[C@@H]3OC(COS(=O)(=O)[O-])[C@H](O[C@@H]4OC(C(=O)[O-])[C@H](O[C@@H]5OC(COS(=O)(=O)[O-])[C@H](OCc6ccccc6)[C@H](OCc6ccccc6)C5N=[N+]=[N-])[C@H](OCc5ccccc5)C4OCc4ccccc4)C(OSOO[O-])[C@H]3N=[N+]=[N-])[C@@H](OCc3ccccc3)C2OS(=O)(=O)[O-])C(OCc2ccccc2)[C@H]1N=[N+]=[N-].[Na+].[Na+].[Na+].[Na+].[Na+].[Na+].[Na+]. The number of aliphatic carboxylic acids is 2. The number of carbonyl (C=O) groups is 2. The summed E-state index contributed by atoms with van der Waals surface area (Å²) in [5, 5.41) is 55.1. The van der Waals surface area contributed by atoms with Crippen molar-refractivity contribution in [1.82, 2.24) is 0 Å². The molecule has 0 N–H and O–H groups in total. The van der Waals surface area contributed by atoms with Crippen molar-refractivity contribution in [1.29, 1.82) is 0 Å². The van der Waals surface area contributed by atoms with E-state index in [1.54, 1.807) is 127 Å². The Labute approximate surface area is 926 Å². The van der Waals surface area contributed by atoms with Gasteiger partial charge < -0.3 is 119 Å². The Balaban J connectivity index is 0.00000536. The van der Waals surface area contributed by atoms with Crippen LogP contribution in [0.15, 0.2) is 197 Å². The maximum absolute atomic E-state index is 14.3. The van der Waals surface area contributed by atoms with Gasteiger partial charge in [0.15, 0.2) is 49.9 Å². The van der Waals surface area contributed by atoms with E-state index in [4.69, 9.17) is 92.5 Å². The van der Waals surface area contributed by atoms with E-state index in [2.05, 4.69) is 43.6 Å². The van der Waals surface area contributed by atoms with Crippen molar-refractivity contribution < 1.29 is 390 Å². The van der Waals surface area contributed by atoms with Crippen molar-refractivity contribution in [3.63, 3.8) is 0 Å². The fraction of sp³-hybridized carbons (Fsp3) is 0.479. The summed E-state index contributed by atoms with van der Waals surface area (Å²) in [5.41, 5.74) is 33.2. The third-order valence-corrected chi connectivity index (χ3v) is 21.7. The summed E-state index contributed by atoms with van der Waals surface area (Å²) >= 11 is -0.455. The summed E-state index contributed by atoms with van der Waals surface area (Å²) in [6, 6.07) is 41.1. The fourth-order valence-electron chi connectivity index (χ4n) is 14.1. The molecule has 61 heteroatoms. The van der Waals surface area contributed by atoms with E-state index in [1.165, 1.54) is 54.6 Å². The van der Waals surface area contributed by atoms with E-state index in [-0.39, 0.29) is 226 Å². The summed E-state index contributed by atoms with van der Waals surface area (Å²) in [6.45, 7) is -7.30. The first-order valence-electron chi connectivity index (χ1n) is 37.5. The molecule has 690 valence electrons. The maximum atomic E-state index is 14.3. The molecule has 0 radical (unpaired) electrons. The normalized spacial score (nSPS) is 28.5. The molecule has 0 bridgehead atoms. The van der Waals surface area contributed by atoms with Crippen molar-refractivity contribution in [2.75, 3.05) is 26.9 Å². The maximum Gasteiger partial charge on any atom is 1.00 e. The number of carbonyl (C=O) groups excluding carboxylic acids is 2. The second kappa shape index (κ2) is 61.5. The number of carboxylic acid groups (broad SMARTS) is 2. The van der Waals surface area contributed by atoms with E-state index in [0.717, 1.165) is 7.11 Å². The average molecular weight is 2040 g/mol. The number of nitrogens with zero attached hydrogens (tertiary/aromatic N) is 9. The van der Waals surface area contributed by atoms with Crippen molar-refractivity contribution in [3.8, 4) is 0 Å². The molecule has 0 aromatic heterocycles. The molecule has 0 spiro atoms. The molecule has 0 saturated carbocycles. The molecule has 0 amide bonds. The van der Waals surface area contributed by atoms with Crippen LogP contribution in [0.5, 0.6) is 0 Å². The van der Waals surface area contributed by atoms with Gasteiger partial charge in [0, 0.05) is 21.8 Å². The Morgan fingerprint density at radius 2 is 0.619 bits per heavy atom. The van der Waals surface area contributed by atoms with Gasteiger partial charge in [0.1, 0.15) is 116 Å². The molecule has 134 heavy (non-hydrogen) atoms. The van der Waals surface area contributed by atoms with Crippen LogP contribution in [-0.2, 0) is 197 Å². The Morgan fingerprint density at radius 3 is 0.933 bits per heavy atom. The first-order chi connectivity index (χ1) is 60.9. The monoisotopic (exact) mass is 2040 g/mol. The zero-order valence-corrected chi connectivity index (χ0v) is 90.6. The fourth-order valence-corrected chi connectivity index (χ4v) is 15.9. The molecule has 0 aliphatic carbocycles. The number of methoxy groups -OCH3 is 1. The number of carboxylic acids is 2. The van der Waals surface area contributed by atoms with Crippen molar-refractivity contribution >= 4 is 65.9 Å².